The molecule has 0 aliphatic carbocycles. The summed E-state index contributed by atoms with van der Waals surface area (Å²) < 4.78 is 1.79. The molecule has 5 nitrogen and oxygen atoms in total. The molecule has 3 heterocycles. The Kier molecular flexibility index (Phi) is 3.29. The molecule has 5 heteroatoms. The minimum atomic E-state index is 0.768. The molecule has 19 heavy (non-hydrogen) atoms. The van der Waals surface area contributed by atoms with Crippen LogP contribution in [0.5, 0.6) is 0 Å². The molecule has 100 valence electrons. The van der Waals surface area contributed by atoms with Gasteiger partial charge in [0.25, 0.3) is 0 Å². The highest BCUT2D eigenvalue weighted by atomic mass is 15.3. The average Bonchev–Trinajstić information content (AvgIpc) is 2.86. The SMILES string of the molecule is CCCc1nc(-c2ccn(C)n2)nc2c1CNCC2. The zero-order valence-electron chi connectivity index (χ0n) is 11.5. The van der Waals surface area contributed by atoms with E-state index in [-0.39, 0.29) is 0 Å². The number of hydrogen-bond donors (Lipinski definition) is 1. The Balaban J connectivity index is 2.08. The number of nitrogens with one attached hydrogen (secondary N) is 1. The maximum absolute atomic E-state index is 4.73. The van der Waals surface area contributed by atoms with E-state index in [2.05, 4.69) is 17.3 Å². The van der Waals surface area contributed by atoms with Crippen LogP contribution in [0.1, 0.15) is 30.3 Å². The van der Waals surface area contributed by atoms with E-state index in [9.17, 15) is 0 Å². The number of nitrogens with zero attached hydrogens (tertiary/aromatic N) is 4. The molecule has 0 atom stereocenters. The van der Waals surface area contributed by atoms with Crippen LogP contribution in [0, 0.1) is 0 Å². The summed E-state index contributed by atoms with van der Waals surface area (Å²) in [7, 11) is 1.92. The summed E-state index contributed by atoms with van der Waals surface area (Å²) in [6.45, 7) is 4.08. The first-order valence-corrected chi connectivity index (χ1v) is 6.87. The number of rotatable bonds is 3. The van der Waals surface area contributed by atoms with Gasteiger partial charge in [-0.1, -0.05) is 13.3 Å². The molecule has 2 aromatic rings. The Morgan fingerprint density at radius 2 is 2.26 bits per heavy atom. The third-order valence-electron chi connectivity index (χ3n) is 3.45. The van der Waals surface area contributed by atoms with Gasteiger partial charge in [0.05, 0.1) is 5.69 Å². The van der Waals surface area contributed by atoms with Gasteiger partial charge >= 0.3 is 0 Å². The minimum Gasteiger partial charge on any atom is -0.312 e. The Morgan fingerprint density at radius 1 is 1.37 bits per heavy atom. The summed E-state index contributed by atoms with van der Waals surface area (Å²) in [5.74, 6) is 0.768. The van der Waals surface area contributed by atoms with Crippen molar-refractivity contribution in [3.8, 4) is 11.5 Å². The van der Waals surface area contributed by atoms with Crippen molar-refractivity contribution in [1.82, 2.24) is 25.1 Å². The number of aromatic nitrogens is 4. The molecule has 0 fully saturated rings. The molecule has 0 saturated carbocycles. The summed E-state index contributed by atoms with van der Waals surface area (Å²) in [5, 5.41) is 7.81. The van der Waals surface area contributed by atoms with Gasteiger partial charge in [0.1, 0.15) is 5.69 Å². The van der Waals surface area contributed by atoms with Gasteiger partial charge in [-0.25, -0.2) is 9.97 Å². The molecule has 1 aliphatic heterocycles. The highest BCUT2D eigenvalue weighted by Gasteiger charge is 2.18. The summed E-state index contributed by atoms with van der Waals surface area (Å²) in [6.07, 6.45) is 5.02. The standard InChI is InChI=1S/C14H19N5/c1-3-4-11-10-9-15-7-5-12(10)17-14(16-11)13-6-8-19(2)18-13/h6,8,15H,3-5,7,9H2,1-2H3. The van der Waals surface area contributed by atoms with Crippen LogP contribution >= 0.6 is 0 Å². The predicted molar refractivity (Wildman–Crippen MR) is 73.6 cm³/mol. The fourth-order valence-corrected chi connectivity index (χ4v) is 2.51. The van der Waals surface area contributed by atoms with E-state index in [0.717, 1.165) is 43.9 Å². The Bertz CT molecular complexity index is 588. The monoisotopic (exact) mass is 257 g/mol. The molecular formula is C14H19N5. The van der Waals surface area contributed by atoms with Crippen molar-refractivity contribution in [2.24, 2.45) is 7.05 Å². The van der Waals surface area contributed by atoms with Crippen molar-refractivity contribution in [3.05, 3.63) is 29.2 Å². The second-order valence-electron chi connectivity index (χ2n) is 4.97. The Labute approximate surface area is 113 Å². The van der Waals surface area contributed by atoms with Crippen LogP contribution in [0.2, 0.25) is 0 Å². The lowest BCUT2D eigenvalue weighted by Crippen LogP contribution is -2.26. The van der Waals surface area contributed by atoms with Crippen molar-refractivity contribution in [2.45, 2.75) is 32.7 Å². The third kappa shape index (κ3) is 2.38. The fraction of sp³-hybridized carbons (Fsp3) is 0.500. The molecule has 0 amide bonds. The largest absolute Gasteiger partial charge is 0.312 e. The zero-order chi connectivity index (χ0) is 13.2. The van der Waals surface area contributed by atoms with Gasteiger partial charge < -0.3 is 5.32 Å². The van der Waals surface area contributed by atoms with Crippen LogP contribution in [0.25, 0.3) is 11.5 Å². The van der Waals surface area contributed by atoms with Crippen molar-refractivity contribution >= 4 is 0 Å². The maximum atomic E-state index is 4.73. The van der Waals surface area contributed by atoms with Crippen LogP contribution in [-0.2, 0) is 26.4 Å². The second kappa shape index (κ2) is 5.09. The van der Waals surface area contributed by atoms with Crippen molar-refractivity contribution < 1.29 is 0 Å². The van der Waals surface area contributed by atoms with E-state index in [0.29, 0.717) is 0 Å². The van der Waals surface area contributed by atoms with Gasteiger partial charge in [-0.3, -0.25) is 4.68 Å². The molecule has 2 aromatic heterocycles. The van der Waals surface area contributed by atoms with Crippen molar-refractivity contribution in [2.75, 3.05) is 6.54 Å². The highest BCUT2D eigenvalue weighted by molar-refractivity contribution is 5.50. The predicted octanol–water partition coefficient (Wildman–Crippen LogP) is 1.48. The molecule has 0 radical (unpaired) electrons. The van der Waals surface area contributed by atoms with Gasteiger partial charge in [-0.05, 0) is 12.5 Å². The second-order valence-corrected chi connectivity index (χ2v) is 4.97. The molecule has 1 N–H and O–H groups in total. The van der Waals surface area contributed by atoms with Gasteiger partial charge in [-0.2, -0.15) is 5.10 Å². The normalized spacial score (nSPS) is 14.4. The van der Waals surface area contributed by atoms with E-state index in [1.54, 1.807) is 4.68 Å². The molecule has 0 unspecified atom stereocenters. The third-order valence-corrected chi connectivity index (χ3v) is 3.45. The first-order valence-electron chi connectivity index (χ1n) is 6.87. The van der Waals surface area contributed by atoms with Crippen molar-refractivity contribution in [3.63, 3.8) is 0 Å². The van der Waals surface area contributed by atoms with Crippen LogP contribution < -0.4 is 5.32 Å². The van der Waals surface area contributed by atoms with Crippen LogP contribution in [0.4, 0.5) is 0 Å². The molecule has 1 aliphatic rings. The lowest BCUT2D eigenvalue weighted by atomic mass is 10.0. The molecule has 0 bridgehead atoms. The van der Waals surface area contributed by atoms with Gasteiger partial charge in [0, 0.05) is 44.0 Å². The van der Waals surface area contributed by atoms with Gasteiger partial charge in [0.2, 0.25) is 0 Å². The summed E-state index contributed by atoms with van der Waals surface area (Å²) in [4.78, 5) is 9.45. The number of fused-ring (bicyclic) bond motifs is 1. The van der Waals surface area contributed by atoms with E-state index in [1.165, 1.54) is 17.0 Å². The smallest absolute Gasteiger partial charge is 0.180 e. The topological polar surface area (TPSA) is 55.6 Å². The minimum absolute atomic E-state index is 0.768. The molecule has 0 spiro atoms. The maximum Gasteiger partial charge on any atom is 0.180 e. The van der Waals surface area contributed by atoms with E-state index >= 15 is 0 Å². The summed E-state index contributed by atoms with van der Waals surface area (Å²) in [6, 6.07) is 1.97. The zero-order valence-corrected chi connectivity index (χ0v) is 11.5. The molecule has 0 saturated heterocycles. The van der Waals surface area contributed by atoms with E-state index in [4.69, 9.17) is 9.97 Å². The fourth-order valence-electron chi connectivity index (χ4n) is 2.51. The summed E-state index contributed by atoms with van der Waals surface area (Å²) >= 11 is 0. The van der Waals surface area contributed by atoms with Crippen molar-refractivity contribution in [1.29, 1.82) is 0 Å². The molecule has 3 rings (SSSR count). The van der Waals surface area contributed by atoms with Gasteiger partial charge in [-0.15, -0.1) is 0 Å². The Hall–Kier alpha value is -1.75. The number of aryl methyl sites for hydroxylation is 2. The van der Waals surface area contributed by atoms with Crippen LogP contribution in [0.15, 0.2) is 12.3 Å². The molecular weight excluding hydrogens is 238 g/mol. The van der Waals surface area contributed by atoms with E-state index < -0.39 is 0 Å². The highest BCUT2D eigenvalue weighted by Crippen LogP contribution is 2.21. The first kappa shape index (κ1) is 12.3. The first-order chi connectivity index (χ1) is 9.28. The quantitative estimate of drug-likeness (QED) is 0.905. The molecule has 0 aromatic carbocycles. The number of hydrogen-bond acceptors (Lipinski definition) is 4. The van der Waals surface area contributed by atoms with E-state index in [1.807, 2.05) is 19.3 Å². The van der Waals surface area contributed by atoms with Crippen LogP contribution in [-0.4, -0.2) is 26.3 Å². The lowest BCUT2D eigenvalue weighted by Gasteiger charge is -2.19. The average molecular weight is 257 g/mol. The Morgan fingerprint density at radius 3 is 3.00 bits per heavy atom. The lowest BCUT2D eigenvalue weighted by molar-refractivity contribution is 0.615. The van der Waals surface area contributed by atoms with Gasteiger partial charge in [0.15, 0.2) is 5.82 Å². The summed E-state index contributed by atoms with van der Waals surface area (Å²) in [5.41, 5.74) is 4.53. The van der Waals surface area contributed by atoms with Crippen LogP contribution in [0.3, 0.4) is 0 Å².